The molecule has 2 aliphatic heterocycles. The zero-order valence-corrected chi connectivity index (χ0v) is 18.9. The number of carbonyl (C=O) groups is 2. The van der Waals surface area contributed by atoms with Crippen LogP contribution in [0.3, 0.4) is 0 Å². The number of hydrogen-bond donors (Lipinski definition) is 2. The second kappa shape index (κ2) is 8.61. The number of benzene rings is 2. The summed E-state index contributed by atoms with van der Waals surface area (Å²) in [5.41, 5.74) is 1.24. The predicted molar refractivity (Wildman–Crippen MR) is 123 cm³/mol. The zero-order valence-electron chi connectivity index (χ0n) is 18.9. The first kappa shape index (κ1) is 21.8. The molecule has 0 unspecified atom stereocenters. The standard InChI is InChI=1S/C24H29N3O5/c1-15(2)9-10-27-18-7-5-16(11-20(18)30-13-24(3,4)22(27)28)25-23(29)26-17-6-8-19-21(12-17)32-14-31-19/h5-8,11-12,15H,9-10,13-14H2,1-4H3,(H2,25,26,29). The highest BCUT2D eigenvalue weighted by atomic mass is 16.7. The summed E-state index contributed by atoms with van der Waals surface area (Å²) in [5.74, 6) is 2.33. The van der Waals surface area contributed by atoms with E-state index in [1.807, 2.05) is 19.9 Å². The van der Waals surface area contributed by atoms with Crippen molar-refractivity contribution in [1.29, 1.82) is 0 Å². The quantitative estimate of drug-likeness (QED) is 0.695. The molecular formula is C24H29N3O5. The number of hydrogen-bond acceptors (Lipinski definition) is 5. The topological polar surface area (TPSA) is 89.1 Å². The number of carbonyl (C=O) groups excluding carboxylic acids is 2. The lowest BCUT2D eigenvalue weighted by Crippen LogP contribution is -2.42. The molecule has 2 aliphatic rings. The molecule has 2 heterocycles. The van der Waals surface area contributed by atoms with Crippen LogP contribution in [0, 0.1) is 11.3 Å². The van der Waals surface area contributed by atoms with E-state index in [1.165, 1.54) is 0 Å². The minimum absolute atomic E-state index is 0.0400. The molecule has 0 fully saturated rings. The SMILES string of the molecule is CC(C)CCN1C(=O)C(C)(C)COc2cc(NC(=O)Nc3ccc4c(c3)OCO4)ccc21. The first-order valence-corrected chi connectivity index (χ1v) is 10.8. The first-order valence-electron chi connectivity index (χ1n) is 10.8. The maximum absolute atomic E-state index is 13.1. The zero-order chi connectivity index (χ0) is 22.9. The minimum atomic E-state index is -0.639. The van der Waals surface area contributed by atoms with Gasteiger partial charge in [-0.1, -0.05) is 13.8 Å². The van der Waals surface area contributed by atoms with E-state index in [4.69, 9.17) is 14.2 Å². The Labute approximate surface area is 187 Å². The molecule has 170 valence electrons. The van der Waals surface area contributed by atoms with Gasteiger partial charge in [-0.05, 0) is 50.5 Å². The molecule has 2 aromatic carbocycles. The number of rotatable bonds is 5. The Hall–Kier alpha value is -3.42. The molecule has 8 heteroatoms. The number of nitrogens with one attached hydrogen (secondary N) is 2. The molecular weight excluding hydrogens is 410 g/mol. The molecule has 32 heavy (non-hydrogen) atoms. The third-order valence-corrected chi connectivity index (χ3v) is 5.48. The Bertz CT molecular complexity index is 1030. The van der Waals surface area contributed by atoms with Crippen LogP contribution < -0.4 is 29.7 Å². The normalized spacial score (nSPS) is 16.3. The van der Waals surface area contributed by atoms with Crippen LogP contribution in [0.25, 0.3) is 0 Å². The van der Waals surface area contributed by atoms with Crippen molar-refractivity contribution in [1.82, 2.24) is 0 Å². The van der Waals surface area contributed by atoms with E-state index in [-0.39, 0.29) is 19.3 Å². The van der Waals surface area contributed by atoms with Crippen LogP contribution >= 0.6 is 0 Å². The molecule has 0 saturated carbocycles. The number of fused-ring (bicyclic) bond motifs is 2. The lowest BCUT2D eigenvalue weighted by atomic mass is 9.92. The van der Waals surface area contributed by atoms with E-state index in [2.05, 4.69) is 24.5 Å². The molecule has 8 nitrogen and oxygen atoms in total. The van der Waals surface area contributed by atoms with Gasteiger partial charge < -0.3 is 29.7 Å². The van der Waals surface area contributed by atoms with Crippen molar-refractivity contribution in [3.8, 4) is 17.2 Å². The van der Waals surface area contributed by atoms with E-state index in [1.54, 1.807) is 35.2 Å². The largest absolute Gasteiger partial charge is 0.490 e. The van der Waals surface area contributed by atoms with Gasteiger partial charge in [0, 0.05) is 30.1 Å². The highest BCUT2D eigenvalue weighted by molar-refractivity contribution is 6.02. The number of urea groups is 1. The highest BCUT2D eigenvalue weighted by Gasteiger charge is 2.37. The van der Waals surface area contributed by atoms with Gasteiger partial charge in [0.15, 0.2) is 11.5 Å². The molecule has 0 aliphatic carbocycles. The van der Waals surface area contributed by atoms with E-state index in [0.717, 1.165) is 12.1 Å². The summed E-state index contributed by atoms with van der Waals surface area (Å²) in [6.45, 7) is 9.11. The van der Waals surface area contributed by atoms with Crippen LogP contribution in [-0.2, 0) is 4.79 Å². The summed E-state index contributed by atoms with van der Waals surface area (Å²) in [5, 5.41) is 5.60. The van der Waals surface area contributed by atoms with Crippen LogP contribution in [0.1, 0.15) is 34.1 Å². The second-order valence-electron chi connectivity index (χ2n) is 9.14. The third-order valence-electron chi connectivity index (χ3n) is 5.48. The third kappa shape index (κ3) is 4.59. The van der Waals surface area contributed by atoms with Crippen LogP contribution in [0.5, 0.6) is 17.2 Å². The van der Waals surface area contributed by atoms with Crippen molar-refractivity contribution >= 4 is 29.0 Å². The van der Waals surface area contributed by atoms with Crippen LogP contribution in [0.2, 0.25) is 0 Å². The van der Waals surface area contributed by atoms with Gasteiger partial charge in [0.25, 0.3) is 0 Å². The van der Waals surface area contributed by atoms with Gasteiger partial charge in [-0.3, -0.25) is 4.79 Å². The van der Waals surface area contributed by atoms with Gasteiger partial charge >= 0.3 is 6.03 Å². The molecule has 0 atom stereocenters. The molecule has 4 rings (SSSR count). The Morgan fingerprint density at radius 2 is 1.66 bits per heavy atom. The van der Waals surface area contributed by atoms with Gasteiger partial charge in [0.1, 0.15) is 12.4 Å². The molecule has 2 N–H and O–H groups in total. The fraction of sp³-hybridized carbons (Fsp3) is 0.417. The summed E-state index contributed by atoms with van der Waals surface area (Å²) in [7, 11) is 0. The maximum Gasteiger partial charge on any atom is 0.323 e. The molecule has 0 radical (unpaired) electrons. The van der Waals surface area contributed by atoms with E-state index >= 15 is 0 Å². The van der Waals surface area contributed by atoms with Crippen LogP contribution in [-0.4, -0.2) is 31.9 Å². The lowest BCUT2D eigenvalue weighted by molar-refractivity contribution is -0.127. The summed E-state index contributed by atoms with van der Waals surface area (Å²) in [4.78, 5) is 27.5. The van der Waals surface area contributed by atoms with Crippen molar-refractivity contribution in [2.75, 3.05) is 35.5 Å². The Balaban J connectivity index is 1.50. The highest BCUT2D eigenvalue weighted by Crippen LogP contribution is 2.39. The van der Waals surface area contributed by atoms with Gasteiger partial charge in [-0.15, -0.1) is 0 Å². The Morgan fingerprint density at radius 1 is 1.00 bits per heavy atom. The van der Waals surface area contributed by atoms with Gasteiger partial charge in [0.2, 0.25) is 12.7 Å². The summed E-state index contributed by atoms with van der Waals surface area (Å²) in [6.07, 6.45) is 0.888. The number of nitrogens with zero attached hydrogens (tertiary/aromatic N) is 1. The van der Waals surface area contributed by atoms with Crippen LogP contribution in [0.15, 0.2) is 36.4 Å². The predicted octanol–water partition coefficient (Wildman–Crippen LogP) is 4.86. The summed E-state index contributed by atoms with van der Waals surface area (Å²) < 4.78 is 16.6. The number of ether oxygens (including phenoxy) is 3. The molecule has 3 amide bonds. The van der Waals surface area contributed by atoms with Gasteiger partial charge in [-0.2, -0.15) is 0 Å². The van der Waals surface area contributed by atoms with Crippen molar-refractivity contribution in [3.63, 3.8) is 0 Å². The average molecular weight is 440 g/mol. The van der Waals surface area contributed by atoms with Crippen molar-refractivity contribution in [3.05, 3.63) is 36.4 Å². The molecule has 0 aromatic heterocycles. The first-order chi connectivity index (χ1) is 15.2. The minimum Gasteiger partial charge on any atom is -0.490 e. The fourth-order valence-corrected chi connectivity index (χ4v) is 3.60. The smallest absolute Gasteiger partial charge is 0.323 e. The summed E-state index contributed by atoms with van der Waals surface area (Å²) in [6, 6.07) is 10.2. The van der Waals surface area contributed by atoms with Crippen molar-refractivity contribution in [2.45, 2.75) is 34.1 Å². The van der Waals surface area contributed by atoms with Gasteiger partial charge in [0.05, 0.1) is 11.1 Å². The van der Waals surface area contributed by atoms with Crippen molar-refractivity contribution in [2.24, 2.45) is 11.3 Å². The number of anilines is 3. The lowest BCUT2D eigenvalue weighted by Gasteiger charge is -2.28. The Morgan fingerprint density at radius 3 is 2.38 bits per heavy atom. The van der Waals surface area contributed by atoms with Gasteiger partial charge in [-0.25, -0.2) is 4.79 Å². The van der Waals surface area contributed by atoms with E-state index in [9.17, 15) is 9.59 Å². The van der Waals surface area contributed by atoms with Crippen LogP contribution in [0.4, 0.5) is 21.9 Å². The monoisotopic (exact) mass is 439 g/mol. The fourth-order valence-electron chi connectivity index (χ4n) is 3.60. The summed E-state index contributed by atoms with van der Waals surface area (Å²) >= 11 is 0. The average Bonchev–Trinajstić information content (AvgIpc) is 3.17. The molecule has 0 bridgehead atoms. The molecule has 0 spiro atoms. The van der Waals surface area contributed by atoms with E-state index < -0.39 is 11.4 Å². The van der Waals surface area contributed by atoms with E-state index in [0.29, 0.717) is 41.1 Å². The van der Waals surface area contributed by atoms with Crippen molar-refractivity contribution < 1.29 is 23.8 Å². The second-order valence-corrected chi connectivity index (χ2v) is 9.14. The molecule has 2 aromatic rings. The molecule has 0 saturated heterocycles. The maximum atomic E-state index is 13.1. The Kier molecular flexibility index (Phi) is 5.86. The number of amides is 3.